The molecule has 5 heteroatoms. The summed E-state index contributed by atoms with van der Waals surface area (Å²) >= 11 is 1.54. The van der Waals surface area contributed by atoms with Crippen LogP contribution in [0.25, 0.3) is 11.3 Å². The number of rotatable bonds is 2. The van der Waals surface area contributed by atoms with E-state index in [4.69, 9.17) is 15.2 Å². The first kappa shape index (κ1) is 10.4. The van der Waals surface area contributed by atoms with Gasteiger partial charge in [-0.25, -0.2) is 4.98 Å². The normalized spacial score (nSPS) is 12.1. The molecule has 0 radical (unpaired) electrons. The fraction of sp³-hybridized carbons (Fsp3) is 0.250. The largest absolute Gasteiger partial charge is 0.497 e. The highest BCUT2D eigenvalue weighted by atomic mass is 32.1. The molecule has 1 aliphatic carbocycles. The van der Waals surface area contributed by atoms with Crippen molar-refractivity contribution in [1.82, 2.24) is 4.98 Å². The zero-order valence-electron chi connectivity index (χ0n) is 9.61. The van der Waals surface area contributed by atoms with E-state index in [2.05, 4.69) is 4.98 Å². The minimum absolute atomic E-state index is 0.613. The summed E-state index contributed by atoms with van der Waals surface area (Å²) in [7, 11) is 3.32. The second-order valence-electron chi connectivity index (χ2n) is 3.86. The molecule has 2 aromatic rings. The van der Waals surface area contributed by atoms with Crippen LogP contribution in [0.4, 0.5) is 5.13 Å². The lowest BCUT2D eigenvalue weighted by Crippen LogP contribution is -1.93. The molecule has 3 rings (SSSR count). The molecule has 17 heavy (non-hydrogen) atoms. The van der Waals surface area contributed by atoms with E-state index in [1.807, 2.05) is 12.1 Å². The van der Waals surface area contributed by atoms with Crippen molar-refractivity contribution in [2.24, 2.45) is 0 Å². The fourth-order valence-electron chi connectivity index (χ4n) is 2.17. The van der Waals surface area contributed by atoms with Gasteiger partial charge < -0.3 is 15.2 Å². The molecular weight excluding hydrogens is 236 g/mol. The van der Waals surface area contributed by atoms with Crippen LogP contribution in [-0.4, -0.2) is 19.2 Å². The summed E-state index contributed by atoms with van der Waals surface area (Å²) < 4.78 is 10.7. The van der Waals surface area contributed by atoms with Crippen LogP contribution in [0.2, 0.25) is 0 Å². The zero-order valence-corrected chi connectivity index (χ0v) is 10.4. The maximum Gasteiger partial charge on any atom is 0.180 e. The summed E-state index contributed by atoms with van der Waals surface area (Å²) in [5, 5.41) is 0.613. The summed E-state index contributed by atoms with van der Waals surface area (Å²) in [5.41, 5.74) is 8.95. The third kappa shape index (κ3) is 1.46. The number of hydrogen-bond donors (Lipinski definition) is 1. The van der Waals surface area contributed by atoms with Gasteiger partial charge in [0.05, 0.1) is 19.9 Å². The van der Waals surface area contributed by atoms with E-state index in [0.29, 0.717) is 5.13 Å². The first-order valence-corrected chi connectivity index (χ1v) is 6.05. The van der Waals surface area contributed by atoms with Crippen molar-refractivity contribution in [3.05, 3.63) is 22.6 Å². The van der Waals surface area contributed by atoms with E-state index in [1.54, 1.807) is 14.2 Å². The molecule has 0 fully saturated rings. The Bertz CT molecular complexity index is 592. The highest BCUT2D eigenvalue weighted by Gasteiger charge is 2.26. The molecule has 1 aromatic carbocycles. The van der Waals surface area contributed by atoms with E-state index in [9.17, 15) is 0 Å². The standard InChI is InChI=1S/C12H12N2O2S/c1-15-6-3-8-7(9(4-6)16-2)5-10-11(8)14-12(13)17-10/h3-4H,5H2,1-2H3,(H2,13,14). The minimum atomic E-state index is 0.613. The van der Waals surface area contributed by atoms with Crippen LogP contribution in [0, 0.1) is 0 Å². The summed E-state index contributed by atoms with van der Waals surface area (Å²) in [6.45, 7) is 0. The van der Waals surface area contributed by atoms with Gasteiger partial charge in [0.1, 0.15) is 11.5 Å². The number of fused-ring (bicyclic) bond motifs is 3. The molecule has 0 bridgehead atoms. The van der Waals surface area contributed by atoms with E-state index in [0.717, 1.165) is 29.2 Å². The van der Waals surface area contributed by atoms with Crippen molar-refractivity contribution < 1.29 is 9.47 Å². The Kier molecular flexibility index (Phi) is 2.22. The van der Waals surface area contributed by atoms with Gasteiger partial charge in [0, 0.05) is 28.5 Å². The molecule has 1 heterocycles. The van der Waals surface area contributed by atoms with E-state index < -0.39 is 0 Å². The number of aromatic nitrogens is 1. The summed E-state index contributed by atoms with van der Waals surface area (Å²) in [6, 6.07) is 3.89. The molecular formula is C12H12N2O2S. The van der Waals surface area contributed by atoms with Crippen molar-refractivity contribution in [3.8, 4) is 22.8 Å². The van der Waals surface area contributed by atoms with Crippen LogP contribution < -0.4 is 15.2 Å². The lowest BCUT2D eigenvalue weighted by atomic mass is 10.1. The molecule has 0 spiro atoms. The Morgan fingerprint density at radius 3 is 2.82 bits per heavy atom. The van der Waals surface area contributed by atoms with Gasteiger partial charge in [-0.3, -0.25) is 0 Å². The van der Waals surface area contributed by atoms with Crippen molar-refractivity contribution in [2.75, 3.05) is 20.0 Å². The number of nitrogen functional groups attached to an aromatic ring is 1. The van der Waals surface area contributed by atoms with Gasteiger partial charge in [0.15, 0.2) is 5.13 Å². The molecule has 2 N–H and O–H groups in total. The van der Waals surface area contributed by atoms with Crippen LogP contribution in [0.5, 0.6) is 11.5 Å². The van der Waals surface area contributed by atoms with Gasteiger partial charge in [0.25, 0.3) is 0 Å². The van der Waals surface area contributed by atoms with Gasteiger partial charge in [-0.05, 0) is 6.07 Å². The van der Waals surface area contributed by atoms with E-state index >= 15 is 0 Å². The molecule has 0 unspecified atom stereocenters. The molecule has 1 aliphatic rings. The number of hydrogen-bond acceptors (Lipinski definition) is 5. The zero-order chi connectivity index (χ0) is 12.0. The highest BCUT2D eigenvalue weighted by molar-refractivity contribution is 7.15. The molecule has 0 amide bonds. The monoisotopic (exact) mass is 248 g/mol. The topological polar surface area (TPSA) is 57.4 Å². The van der Waals surface area contributed by atoms with Gasteiger partial charge in [-0.15, -0.1) is 11.3 Å². The lowest BCUT2D eigenvalue weighted by Gasteiger charge is -2.09. The number of anilines is 1. The second-order valence-corrected chi connectivity index (χ2v) is 4.97. The minimum Gasteiger partial charge on any atom is -0.497 e. The van der Waals surface area contributed by atoms with Gasteiger partial charge in [-0.1, -0.05) is 0 Å². The predicted octanol–water partition coefficient (Wildman–Crippen LogP) is 2.31. The molecule has 1 aromatic heterocycles. The van der Waals surface area contributed by atoms with Crippen LogP contribution in [0.3, 0.4) is 0 Å². The van der Waals surface area contributed by atoms with Crippen molar-refractivity contribution in [3.63, 3.8) is 0 Å². The van der Waals surface area contributed by atoms with Crippen molar-refractivity contribution >= 4 is 16.5 Å². The molecule has 88 valence electrons. The molecule has 0 atom stereocenters. The van der Waals surface area contributed by atoms with Gasteiger partial charge >= 0.3 is 0 Å². The Balaban J connectivity index is 2.23. The Morgan fingerprint density at radius 1 is 1.29 bits per heavy atom. The van der Waals surface area contributed by atoms with Crippen LogP contribution >= 0.6 is 11.3 Å². The maximum absolute atomic E-state index is 5.73. The average molecular weight is 248 g/mol. The van der Waals surface area contributed by atoms with Crippen molar-refractivity contribution in [1.29, 1.82) is 0 Å². The fourth-order valence-corrected chi connectivity index (χ4v) is 3.03. The lowest BCUT2D eigenvalue weighted by molar-refractivity contribution is 0.392. The number of benzene rings is 1. The Labute approximate surface area is 103 Å². The van der Waals surface area contributed by atoms with Crippen LogP contribution in [0.1, 0.15) is 10.4 Å². The average Bonchev–Trinajstić information content (AvgIpc) is 2.84. The summed E-state index contributed by atoms with van der Waals surface area (Å²) in [5.74, 6) is 1.63. The van der Waals surface area contributed by atoms with E-state index in [1.165, 1.54) is 21.8 Å². The number of nitrogens with zero attached hydrogens (tertiary/aromatic N) is 1. The number of ether oxygens (including phenoxy) is 2. The predicted molar refractivity (Wildman–Crippen MR) is 67.9 cm³/mol. The van der Waals surface area contributed by atoms with Crippen LogP contribution in [-0.2, 0) is 6.42 Å². The molecule has 0 saturated heterocycles. The quantitative estimate of drug-likeness (QED) is 0.756. The van der Waals surface area contributed by atoms with Crippen molar-refractivity contribution in [2.45, 2.75) is 6.42 Å². The summed E-state index contributed by atoms with van der Waals surface area (Å²) in [6.07, 6.45) is 0.840. The third-order valence-electron chi connectivity index (χ3n) is 2.94. The highest BCUT2D eigenvalue weighted by Crippen LogP contribution is 2.45. The number of nitrogens with two attached hydrogens (primary N) is 1. The van der Waals surface area contributed by atoms with Gasteiger partial charge in [-0.2, -0.15) is 0 Å². The summed E-state index contributed by atoms with van der Waals surface area (Å²) in [4.78, 5) is 5.57. The number of methoxy groups -OCH3 is 2. The maximum atomic E-state index is 5.73. The first-order valence-electron chi connectivity index (χ1n) is 5.23. The van der Waals surface area contributed by atoms with Crippen LogP contribution in [0.15, 0.2) is 12.1 Å². The van der Waals surface area contributed by atoms with Gasteiger partial charge in [0.2, 0.25) is 0 Å². The Morgan fingerprint density at radius 2 is 2.12 bits per heavy atom. The number of thiazole rings is 1. The first-order chi connectivity index (χ1) is 8.22. The smallest absolute Gasteiger partial charge is 0.180 e. The molecule has 4 nitrogen and oxygen atoms in total. The third-order valence-corrected chi connectivity index (χ3v) is 3.83. The molecule has 0 saturated carbocycles. The SMILES string of the molecule is COc1cc(OC)c2c(c1)-c1nc(N)sc1C2. The van der Waals surface area contributed by atoms with E-state index in [-0.39, 0.29) is 0 Å². The molecule has 0 aliphatic heterocycles. The second kappa shape index (κ2) is 3.63. The Hall–Kier alpha value is -1.75.